The number of hydrogen-bond donors (Lipinski definition) is 3. The van der Waals surface area contributed by atoms with Crippen molar-refractivity contribution in [3.63, 3.8) is 0 Å². The van der Waals surface area contributed by atoms with Crippen molar-refractivity contribution in [1.29, 1.82) is 0 Å². The lowest BCUT2D eigenvalue weighted by Crippen LogP contribution is -2.45. The van der Waals surface area contributed by atoms with E-state index in [2.05, 4.69) is 19.3 Å². The summed E-state index contributed by atoms with van der Waals surface area (Å²) in [6.45, 7) is 1.81. The van der Waals surface area contributed by atoms with Crippen molar-refractivity contribution in [3.8, 4) is 0 Å². The van der Waals surface area contributed by atoms with Gasteiger partial charge >= 0.3 is 5.97 Å². The number of thiol groups is 1. The molecule has 0 aromatic heterocycles. The molecular formula is C14H25NO3S. The van der Waals surface area contributed by atoms with Crippen molar-refractivity contribution in [2.24, 2.45) is 11.7 Å². The van der Waals surface area contributed by atoms with Gasteiger partial charge in [-0.05, 0) is 43.8 Å². The van der Waals surface area contributed by atoms with E-state index >= 15 is 0 Å². The van der Waals surface area contributed by atoms with E-state index in [9.17, 15) is 4.79 Å². The van der Waals surface area contributed by atoms with E-state index in [1.807, 2.05) is 0 Å². The molecule has 5 heteroatoms. The Morgan fingerprint density at radius 3 is 2.95 bits per heavy atom. The number of aliphatic hydroxyl groups is 1. The van der Waals surface area contributed by atoms with Crippen molar-refractivity contribution in [2.75, 3.05) is 18.6 Å². The molecule has 110 valence electrons. The van der Waals surface area contributed by atoms with Crippen LogP contribution in [0.3, 0.4) is 0 Å². The molecule has 4 atom stereocenters. The second-order valence-electron chi connectivity index (χ2n) is 5.63. The summed E-state index contributed by atoms with van der Waals surface area (Å²) < 4.78 is 5.83. The first kappa shape index (κ1) is 14.9. The number of rotatable bonds is 6. The largest absolute Gasteiger partial charge is 0.444 e. The summed E-state index contributed by atoms with van der Waals surface area (Å²) in [5.41, 5.74) is 7.02. The third kappa shape index (κ3) is 2.69. The summed E-state index contributed by atoms with van der Waals surface area (Å²) in [5.74, 6) is 1.06. The van der Waals surface area contributed by atoms with Crippen LogP contribution in [0.1, 0.15) is 32.6 Å². The fourth-order valence-corrected chi connectivity index (χ4v) is 5.72. The van der Waals surface area contributed by atoms with Crippen molar-refractivity contribution < 1.29 is 14.6 Å². The predicted octanol–water partition coefficient (Wildman–Crippen LogP) is 1.33. The highest BCUT2D eigenvalue weighted by Gasteiger charge is 2.50. The van der Waals surface area contributed by atoms with Crippen molar-refractivity contribution in [2.45, 2.75) is 43.6 Å². The maximum Gasteiger partial charge on any atom is 0.326 e. The first-order chi connectivity index (χ1) is 9.03. The molecule has 0 saturated heterocycles. The molecule has 2 bridgehead atoms. The van der Waals surface area contributed by atoms with Crippen LogP contribution in [0, 0.1) is 5.92 Å². The molecule has 1 fully saturated rings. The van der Waals surface area contributed by atoms with Crippen LogP contribution in [0.15, 0.2) is 11.6 Å². The molecule has 0 spiro atoms. The molecule has 3 unspecified atom stereocenters. The maximum atomic E-state index is 12.0. The Morgan fingerprint density at radius 1 is 1.74 bits per heavy atom. The second-order valence-corrected chi connectivity index (χ2v) is 8.17. The van der Waals surface area contributed by atoms with Crippen LogP contribution in [0.25, 0.3) is 0 Å². The molecule has 3 N–H and O–H groups in total. The third-order valence-corrected chi connectivity index (χ3v) is 7.13. The zero-order valence-corrected chi connectivity index (χ0v) is 12.7. The molecular weight excluding hydrogens is 262 g/mol. The lowest BCUT2D eigenvalue weighted by molar-refractivity contribution is -0.153. The zero-order valence-electron chi connectivity index (χ0n) is 11.8. The topological polar surface area (TPSA) is 72.5 Å². The Bertz CT molecular complexity index is 385. The first-order valence-corrected chi connectivity index (χ1v) is 9.02. The van der Waals surface area contributed by atoms with Crippen molar-refractivity contribution >= 4 is 16.9 Å². The van der Waals surface area contributed by atoms with E-state index in [4.69, 9.17) is 15.6 Å². The SMILES string of the molecule is CCC[SH](C)C1(OC(=O)[C@@H](N)CO)C=C2CCC1C2. The lowest BCUT2D eigenvalue weighted by atomic mass is 10.0. The van der Waals surface area contributed by atoms with Crippen LogP contribution in [-0.2, 0) is 9.53 Å². The normalized spacial score (nSPS) is 32.9. The van der Waals surface area contributed by atoms with Crippen LogP contribution in [0.2, 0.25) is 0 Å². The highest BCUT2D eigenvalue weighted by Crippen LogP contribution is 2.58. The predicted molar refractivity (Wildman–Crippen MR) is 79.4 cm³/mol. The molecule has 19 heavy (non-hydrogen) atoms. The van der Waals surface area contributed by atoms with E-state index in [1.54, 1.807) is 0 Å². The zero-order chi connectivity index (χ0) is 14.0. The van der Waals surface area contributed by atoms with E-state index in [0.29, 0.717) is 5.92 Å². The first-order valence-electron chi connectivity index (χ1n) is 7.04. The molecule has 1 saturated carbocycles. The highest BCUT2D eigenvalue weighted by molar-refractivity contribution is 8.17. The minimum absolute atomic E-state index is 0.356. The average molecular weight is 287 g/mol. The molecule has 2 aliphatic carbocycles. The molecule has 0 amide bonds. The van der Waals surface area contributed by atoms with Gasteiger partial charge in [0.2, 0.25) is 0 Å². The number of nitrogens with two attached hydrogens (primary N) is 1. The summed E-state index contributed by atoms with van der Waals surface area (Å²) in [6, 6.07) is -0.917. The van der Waals surface area contributed by atoms with Crippen LogP contribution in [0.5, 0.6) is 0 Å². The Morgan fingerprint density at radius 2 is 2.47 bits per heavy atom. The van der Waals surface area contributed by atoms with Crippen LogP contribution in [-0.4, -0.2) is 40.7 Å². The Labute approximate surface area is 117 Å². The molecule has 4 nitrogen and oxygen atoms in total. The number of hydrogen-bond acceptors (Lipinski definition) is 4. The molecule has 0 radical (unpaired) electrons. The van der Waals surface area contributed by atoms with Crippen LogP contribution in [0.4, 0.5) is 0 Å². The molecule has 0 aliphatic heterocycles. The van der Waals surface area contributed by atoms with Crippen molar-refractivity contribution in [1.82, 2.24) is 0 Å². The van der Waals surface area contributed by atoms with Gasteiger partial charge in [0.1, 0.15) is 6.04 Å². The monoisotopic (exact) mass is 287 g/mol. The van der Waals surface area contributed by atoms with E-state index in [0.717, 1.165) is 31.4 Å². The van der Waals surface area contributed by atoms with Gasteiger partial charge in [-0.1, -0.05) is 12.5 Å². The Balaban J connectivity index is 2.19. The molecule has 2 rings (SSSR count). The Kier molecular flexibility index (Phi) is 4.58. The van der Waals surface area contributed by atoms with E-state index in [1.165, 1.54) is 5.57 Å². The van der Waals surface area contributed by atoms with E-state index in [-0.39, 0.29) is 6.61 Å². The van der Waals surface area contributed by atoms with Crippen LogP contribution >= 0.6 is 10.9 Å². The van der Waals surface area contributed by atoms with Crippen molar-refractivity contribution in [3.05, 3.63) is 11.6 Å². The number of fused-ring (bicyclic) bond motifs is 2. The fourth-order valence-electron chi connectivity index (χ4n) is 3.21. The van der Waals surface area contributed by atoms with Gasteiger partial charge in [-0.25, -0.2) is 10.9 Å². The van der Waals surface area contributed by atoms with Gasteiger partial charge in [0.25, 0.3) is 0 Å². The van der Waals surface area contributed by atoms with Crippen LogP contribution < -0.4 is 5.73 Å². The summed E-state index contributed by atoms with van der Waals surface area (Å²) in [4.78, 5) is 11.6. The molecule has 2 aliphatic rings. The Hall–Kier alpha value is -0.520. The number of ether oxygens (including phenoxy) is 1. The maximum absolute atomic E-state index is 12.0. The molecule has 0 heterocycles. The molecule has 0 aromatic rings. The summed E-state index contributed by atoms with van der Waals surface area (Å²) >= 11 is 0. The standard InChI is InChI=1S/C14H25NO3S/c1-3-6-19(2)14(18-13(17)12(15)9-16)8-10-4-5-11(14)7-10/h8,11-12,16,19H,3-7,9,15H2,1-2H3/t11?,12-,14?/m0/s1. The van der Waals surface area contributed by atoms with Gasteiger partial charge in [-0.2, -0.15) is 0 Å². The van der Waals surface area contributed by atoms with Gasteiger partial charge in [0.15, 0.2) is 4.93 Å². The van der Waals surface area contributed by atoms with Gasteiger partial charge in [0, 0.05) is 5.92 Å². The number of allylic oxidation sites excluding steroid dienone is 1. The average Bonchev–Trinajstić information content (AvgIpc) is 2.98. The minimum atomic E-state index is -0.917. The minimum Gasteiger partial charge on any atom is -0.444 e. The summed E-state index contributed by atoms with van der Waals surface area (Å²) in [7, 11) is -0.400. The van der Waals surface area contributed by atoms with Gasteiger partial charge < -0.3 is 15.6 Å². The third-order valence-electron chi connectivity index (χ3n) is 4.24. The van der Waals surface area contributed by atoms with E-state index < -0.39 is 27.8 Å². The fraction of sp³-hybridized carbons (Fsp3) is 0.786. The van der Waals surface area contributed by atoms with Gasteiger partial charge in [-0.3, -0.25) is 4.79 Å². The highest BCUT2D eigenvalue weighted by atomic mass is 32.2. The van der Waals surface area contributed by atoms with Gasteiger partial charge in [-0.15, -0.1) is 0 Å². The summed E-state index contributed by atoms with van der Waals surface area (Å²) in [5, 5.41) is 9.00. The number of carbonyl (C=O) groups excluding carboxylic acids is 1. The second kappa shape index (κ2) is 5.85. The molecule has 0 aromatic carbocycles. The number of esters is 1. The quantitative estimate of drug-likeness (QED) is 0.391. The number of aliphatic hydroxyl groups excluding tert-OH is 1. The van der Waals surface area contributed by atoms with Gasteiger partial charge in [0.05, 0.1) is 6.61 Å². The smallest absolute Gasteiger partial charge is 0.326 e. The summed E-state index contributed by atoms with van der Waals surface area (Å²) in [6.07, 6.45) is 8.84. The lowest BCUT2D eigenvalue weighted by Gasteiger charge is -2.42. The number of carbonyl (C=O) groups is 1.